The molecule has 5 nitrogen and oxygen atoms in total. The first-order valence-corrected chi connectivity index (χ1v) is 11.9. The van der Waals surface area contributed by atoms with E-state index < -0.39 is 0 Å². The molecular formula is C25H34N4O. The second-order valence-electron chi connectivity index (χ2n) is 9.56. The van der Waals surface area contributed by atoms with Crippen molar-refractivity contribution in [1.82, 2.24) is 15.1 Å². The Morgan fingerprint density at radius 1 is 1.00 bits per heavy atom. The highest BCUT2D eigenvalue weighted by Crippen LogP contribution is 2.34. The number of nitrogens with zero attached hydrogens (tertiary/aromatic N) is 3. The predicted octanol–water partition coefficient (Wildman–Crippen LogP) is 4.65. The number of fused-ring (bicyclic) bond motifs is 1. The van der Waals surface area contributed by atoms with E-state index in [2.05, 4.69) is 38.2 Å². The first-order valence-electron chi connectivity index (χ1n) is 11.9. The van der Waals surface area contributed by atoms with Crippen LogP contribution in [0, 0.1) is 11.8 Å². The number of amides is 1. The van der Waals surface area contributed by atoms with Gasteiger partial charge in [-0.3, -0.25) is 9.89 Å². The second-order valence-corrected chi connectivity index (χ2v) is 9.56. The minimum absolute atomic E-state index is 0.415. The lowest BCUT2D eigenvalue weighted by molar-refractivity contribution is -0.133. The van der Waals surface area contributed by atoms with Gasteiger partial charge in [0.25, 0.3) is 0 Å². The standard InChI is InChI=1S/C25H34N4O/c30-25(14-19-4-2-1-3-5-19)28-11-8-20(9-12-28)18-29-13-10-22-15-21(6-7-24(22)29)23-16-26-27-17-23/h6-7,15-17,19-20H,1-5,8-14,18H2,(H,26,27). The summed E-state index contributed by atoms with van der Waals surface area (Å²) in [5.74, 6) is 1.76. The van der Waals surface area contributed by atoms with Gasteiger partial charge in [-0.2, -0.15) is 5.10 Å². The Labute approximate surface area is 179 Å². The Morgan fingerprint density at radius 2 is 1.83 bits per heavy atom. The zero-order chi connectivity index (χ0) is 20.3. The van der Waals surface area contributed by atoms with E-state index in [1.54, 1.807) is 0 Å². The summed E-state index contributed by atoms with van der Waals surface area (Å²) in [6, 6.07) is 6.83. The van der Waals surface area contributed by atoms with Crippen LogP contribution in [0.25, 0.3) is 11.1 Å². The molecule has 1 N–H and O–H groups in total. The number of piperidine rings is 1. The Kier molecular flexibility index (Phi) is 5.78. The lowest BCUT2D eigenvalue weighted by Crippen LogP contribution is -2.42. The number of aromatic amines is 1. The highest BCUT2D eigenvalue weighted by atomic mass is 16.2. The number of hydrogen-bond acceptors (Lipinski definition) is 3. The van der Waals surface area contributed by atoms with E-state index in [1.165, 1.54) is 48.9 Å². The molecule has 0 spiro atoms. The molecule has 160 valence electrons. The lowest BCUT2D eigenvalue weighted by Gasteiger charge is -2.35. The van der Waals surface area contributed by atoms with Crippen molar-refractivity contribution in [3.8, 4) is 11.1 Å². The van der Waals surface area contributed by atoms with E-state index in [0.29, 0.717) is 17.7 Å². The SMILES string of the molecule is O=C(CC1CCCCC1)N1CCC(CN2CCc3cc(-c4cn[nH]c4)ccc32)CC1. The molecule has 1 saturated heterocycles. The molecule has 1 saturated carbocycles. The van der Waals surface area contributed by atoms with Gasteiger partial charge in [-0.1, -0.05) is 25.3 Å². The highest BCUT2D eigenvalue weighted by molar-refractivity contribution is 5.76. The summed E-state index contributed by atoms with van der Waals surface area (Å²) in [6.07, 6.45) is 14.6. The number of aromatic nitrogens is 2. The number of likely N-dealkylation sites (tertiary alicyclic amines) is 1. The summed E-state index contributed by atoms with van der Waals surface area (Å²) in [7, 11) is 0. The highest BCUT2D eigenvalue weighted by Gasteiger charge is 2.28. The Morgan fingerprint density at radius 3 is 2.60 bits per heavy atom. The minimum Gasteiger partial charge on any atom is -0.371 e. The first kappa shape index (κ1) is 19.7. The molecule has 0 radical (unpaired) electrons. The van der Waals surface area contributed by atoms with Crippen LogP contribution in [0.2, 0.25) is 0 Å². The van der Waals surface area contributed by atoms with E-state index >= 15 is 0 Å². The van der Waals surface area contributed by atoms with E-state index in [1.807, 2.05) is 12.4 Å². The second kappa shape index (κ2) is 8.83. The molecule has 30 heavy (non-hydrogen) atoms. The van der Waals surface area contributed by atoms with Crippen molar-refractivity contribution in [1.29, 1.82) is 0 Å². The van der Waals surface area contributed by atoms with Gasteiger partial charge in [-0.25, -0.2) is 0 Å². The van der Waals surface area contributed by atoms with Crippen molar-refractivity contribution < 1.29 is 4.79 Å². The fourth-order valence-electron chi connectivity index (χ4n) is 5.69. The maximum Gasteiger partial charge on any atom is 0.222 e. The van der Waals surface area contributed by atoms with Crippen molar-refractivity contribution in [3.63, 3.8) is 0 Å². The molecule has 1 aromatic heterocycles. The molecule has 3 aliphatic rings. The quantitative estimate of drug-likeness (QED) is 0.786. The molecule has 2 fully saturated rings. The molecule has 1 amide bonds. The third kappa shape index (κ3) is 4.26. The Bertz CT molecular complexity index is 848. The van der Waals surface area contributed by atoms with E-state index in [-0.39, 0.29) is 0 Å². The van der Waals surface area contributed by atoms with Gasteiger partial charge in [0.2, 0.25) is 5.91 Å². The molecule has 1 aromatic carbocycles. The van der Waals surface area contributed by atoms with Gasteiger partial charge in [-0.15, -0.1) is 0 Å². The van der Waals surface area contributed by atoms with Crippen LogP contribution in [0.5, 0.6) is 0 Å². The van der Waals surface area contributed by atoms with Crippen LogP contribution in [-0.4, -0.2) is 47.2 Å². The fraction of sp³-hybridized carbons (Fsp3) is 0.600. The van der Waals surface area contributed by atoms with Gasteiger partial charge in [0.1, 0.15) is 0 Å². The third-order valence-corrected chi connectivity index (χ3v) is 7.54. The maximum atomic E-state index is 12.7. The zero-order valence-electron chi connectivity index (χ0n) is 18.0. The average Bonchev–Trinajstić information content (AvgIpc) is 3.45. The first-order chi connectivity index (χ1) is 14.8. The number of hydrogen-bond donors (Lipinski definition) is 1. The monoisotopic (exact) mass is 406 g/mol. The van der Waals surface area contributed by atoms with Gasteiger partial charge in [0.05, 0.1) is 6.20 Å². The topological polar surface area (TPSA) is 52.2 Å². The van der Waals surface area contributed by atoms with Crippen LogP contribution >= 0.6 is 0 Å². The molecule has 0 atom stereocenters. The minimum atomic E-state index is 0.415. The fourth-order valence-corrected chi connectivity index (χ4v) is 5.69. The maximum absolute atomic E-state index is 12.7. The number of nitrogens with one attached hydrogen (secondary N) is 1. The molecule has 2 aromatic rings. The molecule has 1 aliphatic carbocycles. The van der Waals surface area contributed by atoms with E-state index in [4.69, 9.17) is 0 Å². The lowest BCUT2D eigenvalue weighted by atomic mass is 9.86. The molecule has 5 rings (SSSR count). The van der Waals surface area contributed by atoms with Crippen molar-refractivity contribution in [3.05, 3.63) is 36.2 Å². The largest absolute Gasteiger partial charge is 0.371 e. The van der Waals surface area contributed by atoms with Crippen molar-refractivity contribution >= 4 is 11.6 Å². The molecule has 5 heteroatoms. The predicted molar refractivity (Wildman–Crippen MR) is 120 cm³/mol. The molecule has 0 unspecified atom stereocenters. The van der Waals surface area contributed by atoms with Gasteiger partial charge in [-0.05, 0) is 67.2 Å². The summed E-state index contributed by atoms with van der Waals surface area (Å²) in [6.45, 7) is 4.15. The molecule has 2 aliphatic heterocycles. The third-order valence-electron chi connectivity index (χ3n) is 7.54. The summed E-state index contributed by atoms with van der Waals surface area (Å²) >= 11 is 0. The van der Waals surface area contributed by atoms with Crippen LogP contribution in [0.1, 0.15) is 56.9 Å². The van der Waals surface area contributed by atoms with Gasteiger partial charge >= 0.3 is 0 Å². The summed E-state index contributed by atoms with van der Waals surface area (Å²) in [5.41, 5.74) is 5.25. The zero-order valence-corrected chi connectivity index (χ0v) is 18.0. The van der Waals surface area contributed by atoms with Gasteiger partial charge in [0.15, 0.2) is 0 Å². The summed E-state index contributed by atoms with van der Waals surface area (Å²) in [5, 5.41) is 6.98. The van der Waals surface area contributed by atoms with Crippen LogP contribution in [0.15, 0.2) is 30.6 Å². The number of anilines is 1. The van der Waals surface area contributed by atoms with Crippen molar-refractivity contribution in [2.45, 2.75) is 57.8 Å². The van der Waals surface area contributed by atoms with E-state index in [9.17, 15) is 4.79 Å². The Balaban J connectivity index is 1.13. The summed E-state index contributed by atoms with van der Waals surface area (Å²) in [4.78, 5) is 17.4. The average molecular weight is 407 g/mol. The Hall–Kier alpha value is -2.30. The van der Waals surface area contributed by atoms with Gasteiger partial charge in [0, 0.05) is 50.0 Å². The normalized spacial score (nSPS) is 20.5. The van der Waals surface area contributed by atoms with Crippen LogP contribution in [-0.2, 0) is 11.2 Å². The summed E-state index contributed by atoms with van der Waals surface area (Å²) < 4.78 is 0. The molecule has 0 bridgehead atoms. The number of carbonyl (C=O) groups is 1. The van der Waals surface area contributed by atoms with Crippen LogP contribution in [0.3, 0.4) is 0 Å². The van der Waals surface area contributed by atoms with Crippen molar-refractivity contribution in [2.24, 2.45) is 11.8 Å². The van der Waals surface area contributed by atoms with Crippen molar-refractivity contribution in [2.75, 3.05) is 31.1 Å². The van der Waals surface area contributed by atoms with E-state index in [0.717, 1.165) is 57.4 Å². The number of rotatable bonds is 5. The van der Waals surface area contributed by atoms with Crippen LogP contribution < -0.4 is 4.90 Å². The number of carbonyl (C=O) groups excluding carboxylic acids is 1. The van der Waals surface area contributed by atoms with Crippen LogP contribution in [0.4, 0.5) is 5.69 Å². The smallest absolute Gasteiger partial charge is 0.222 e. The number of benzene rings is 1. The number of H-pyrrole nitrogens is 1. The van der Waals surface area contributed by atoms with Gasteiger partial charge < -0.3 is 9.80 Å². The molecule has 3 heterocycles. The molecular weight excluding hydrogens is 372 g/mol.